The van der Waals surface area contributed by atoms with Crippen molar-refractivity contribution >= 4 is 21.7 Å². The van der Waals surface area contributed by atoms with Gasteiger partial charge in [-0.1, -0.05) is 29.8 Å². The molecule has 0 spiro atoms. The zero-order valence-corrected chi connectivity index (χ0v) is 21.3. The normalized spacial score (nSPS) is 18.0. The maximum Gasteiger partial charge on any atom is 0.252 e. The molecule has 1 fully saturated rings. The van der Waals surface area contributed by atoms with Gasteiger partial charge in [0.25, 0.3) is 5.91 Å². The van der Waals surface area contributed by atoms with Crippen molar-refractivity contribution in [1.82, 2.24) is 19.7 Å². The number of nitrogens with zero attached hydrogens (tertiary/aromatic N) is 4. The first-order valence-electron chi connectivity index (χ1n) is 11.6. The third-order valence-corrected chi connectivity index (χ3v) is 6.75. The number of aryl methyl sites for hydroxylation is 1. The fourth-order valence-electron chi connectivity index (χ4n) is 4.09. The number of alkyl halides is 1. The standard InChI is InChI=1S/C25H28FN5O5S/c1-16-3-5-17(6-4-16)9-24(32)30-8-7-22(20(26)14-30)36-23-12-28-21(10-19(23)25(27)33)18-11-29-31(13-18)15-37(2,34)35/h3-6,10-13,20,22H,7-9,14-15H2,1-2H3,(H2,27,33)/t20-,22-/m0/s1. The molecule has 12 heteroatoms. The molecule has 0 bridgehead atoms. The highest BCUT2D eigenvalue weighted by Gasteiger charge is 2.34. The minimum atomic E-state index is -3.30. The van der Waals surface area contributed by atoms with Crippen LogP contribution in [0.15, 0.2) is 48.9 Å². The lowest BCUT2D eigenvalue weighted by Crippen LogP contribution is -2.49. The van der Waals surface area contributed by atoms with Crippen molar-refractivity contribution < 1.29 is 27.1 Å². The lowest BCUT2D eigenvalue weighted by Gasteiger charge is -2.35. The van der Waals surface area contributed by atoms with E-state index in [4.69, 9.17) is 10.5 Å². The molecule has 2 N–H and O–H groups in total. The second kappa shape index (κ2) is 10.7. The van der Waals surface area contributed by atoms with E-state index in [-0.39, 0.29) is 42.5 Å². The van der Waals surface area contributed by atoms with Gasteiger partial charge in [-0.15, -0.1) is 0 Å². The largest absolute Gasteiger partial charge is 0.485 e. The molecule has 10 nitrogen and oxygen atoms in total. The number of amides is 2. The van der Waals surface area contributed by atoms with Gasteiger partial charge < -0.3 is 15.4 Å². The van der Waals surface area contributed by atoms with Crippen LogP contribution in [0.25, 0.3) is 11.3 Å². The second-order valence-electron chi connectivity index (χ2n) is 9.22. The molecule has 4 rings (SSSR count). The molecular weight excluding hydrogens is 501 g/mol. The Morgan fingerprint density at radius 2 is 1.95 bits per heavy atom. The van der Waals surface area contributed by atoms with Crippen molar-refractivity contribution in [3.8, 4) is 17.0 Å². The van der Waals surface area contributed by atoms with Gasteiger partial charge in [0, 0.05) is 31.0 Å². The van der Waals surface area contributed by atoms with Crippen molar-refractivity contribution in [1.29, 1.82) is 0 Å². The number of hydrogen-bond acceptors (Lipinski definition) is 7. The van der Waals surface area contributed by atoms with E-state index >= 15 is 4.39 Å². The van der Waals surface area contributed by atoms with Crippen LogP contribution in [0.1, 0.15) is 27.9 Å². The van der Waals surface area contributed by atoms with Crippen LogP contribution in [0.4, 0.5) is 4.39 Å². The number of ether oxygens (including phenoxy) is 1. The molecule has 0 radical (unpaired) electrons. The highest BCUT2D eigenvalue weighted by atomic mass is 32.2. The van der Waals surface area contributed by atoms with Crippen LogP contribution in [0, 0.1) is 6.92 Å². The molecule has 3 aromatic rings. The highest BCUT2D eigenvalue weighted by molar-refractivity contribution is 7.89. The number of sulfone groups is 1. The summed E-state index contributed by atoms with van der Waals surface area (Å²) in [6.07, 6.45) is 3.35. The van der Waals surface area contributed by atoms with Gasteiger partial charge in [-0.05, 0) is 18.6 Å². The summed E-state index contributed by atoms with van der Waals surface area (Å²) < 4.78 is 45.1. The number of primary amides is 1. The lowest BCUT2D eigenvalue weighted by molar-refractivity contribution is -0.134. The first-order chi connectivity index (χ1) is 17.5. The number of pyridine rings is 1. The maximum atomic E-state index is 15.0. The quantitative estimate of drug-likeness (QED) is 0.471. The Morgan fingerprint density at radius 1 is 1.22 bits per heavy atom. The van der Waals surface area contributed by atoms with E-state index in [2.05, 4.69) is 10.1 Å². The predicted octanol–water partition coefficient (Wildman–Crippen LogP) is 1.92. The number of rotatable bonds is 8. The van der Waals surface area contributed by atoms with Crippen LogP contribution in [-0.4, -0.2) is 71.5 Å². The molecule has 2 atom stereocenters. The number of carbonyl (C=O) groups excluding carboxylic acids is 2. The van der Waals surface area contributed by atoms with Crippen LogP contribution in [0.5, 0.6) is 5.75 Å². The van der Waals surface area contributed by atoms with E-state index in [1.807, 2.05) is 31.2 Å². The van der Waals surface area contributed by atoms with Crippen molar-refractivity contribution in [3.05, 3.63) is 65.6 Å². The van der Waals surface area contributed by atoms with E-state index in [0.29, 0.717) is 17.8 Å². The van der Waals surface area contributed by atoms with Gasteiger partial charge in [0.15, 0.2) is 21.8 Å². The smallest absolute Gasteiger partial charge is 0.252 e. The van der Waals surface area contributed by atoms with Gasteiger partial charge in [-0.2, -0.15) is 5.10 Å². The topological polar surface area (TPSA) is 137 Å². The third kappa shape index (κ3) is 6.70. The summed E-state index contributed by atoms with van der Waals surface area (Å²) in [4.78, 5) is 30.5. The molecule has 1 saturated heterocycles. The monoisotopic (exact) mass is 529 g/mol. The van der Waals surface area contributed by atoms with Crippen LogP contribution in [0.3, 0.4) is 0 Å². The number of halogens is 1. The number of carbonyl (C=O) groups is 2. The van der Waals surface area contributed by atoms with Gasteiger partial charge in [-0.25, -0.2) is 12.8 Å². The minimum Gasteiger partial charge on any atom is -0.485 e. The van der Waals surface area contributed by atoms with Crippen LogP contribution in [0.2, 0.25) is 0 Å². The lowest BCUT2D eigenvalue weighted by atomic mass is 10.0. The first kappa shape index (κ1) is 26.3. The van der Waals surface area contributed by atoms with E-state index in [1.165, 1.54) is 34.2 Å². The molecule has 2 aromatic heterocycles. The number of nitrogens with two attached hydrogens (primary N) is 1. The van der Waals surface area contributed by atoms with Gasteiger partial charge in [0.05, 0.1) is 36.6 Å². The summed E-state index contributed by atoms with van der Waals surface area (Å²) in [6, 6.07) is 9.02. The fourth-order valence-corrected chi connectivity index (χ4v) is 4.71. The molecule has 2 amide bonds. The molecule has 0 unspecified atom stereocenters. The van der Waals surface area contributed by atoms with Gasteiger partial charge in [-0.3, -0.25) is 19.3 Å². The number of hydrogen-bond donors (Lipinski definition) is 1. The van der Waals surface area contributed by atoms with Gasteiger partial charge in [0.1, 0.15) is 12.0 Å². The van der Waals surface area contributed by atoms with E-state index < -0.39 is 28.0 Å². The first-order valence-corrected chi connectivity index (χ1v) is 13.7. The van der Waals surface area contributed by atoms with Crippen molar-refractivity contribution in [3.63, 3.8) is 0 Å². The summed E-state index contributed by atoms with van der Waals surface area (Å²) in [5.74, 6) is -1.22. The fraction of sp³-hybridized carbons (Fsp3) is 0.360. The molecule has 1 aliphatic heterocycles. The number of aromatic nitrogens is 3. The molecule has 0 saturated carbocycles. The minimum absolute atomic E-state index is 0.00550. The molecular formula is C25H28FN5O5S. The Balaban J connectivity index is 1.43. The summed E-state index contributed by atoms with van der Waals surface area (Å²) in [7, 11) is -3.30. The Morgan fingerprint density at radius 3 is 2.59 bits per heavy atom. The van der Waals surface area contributed by atoms with Crippen LogP contribution >= 0.6 is 0 Å². The van der Waals surface area contributed by atoms with Crippen molar-refractivity contribution in [2.45, 2.75) is 37.9 Å². The molecule has 1 aromatic carbocycles. The van der Waals surface area contributed by atoms with E-state index in [1.54, 1.807) is 0 Å². The maximum absolute atomic E-state index is 15.0. The number of benzene rings is 1. The summed E-state index contributed by atoms with van der Waals surface area (Å²) in [5.41, 5.74) is 8.31. The zero-order valence-electron chi connectivity index (χ0n) is 20.5. The van der Waals surface area contributed by atoms with Crippen LogP contribution < -0.4 is 10.5 Å². The molecule has 0 aliphatic carbocycles. The Hall–Kier alpha value is -3.80. The summed E-state index contributed by atoms with van der Waals surface area (Å²) in [5, 5.41) is 4.00. The van der Waals surface area contributed by atoms with Gasteiger partial charge >= 0.3 is 0 Å². The van der Waals surface area contributed by atoms with E-state index in [9.17, 15) is 18.0 Å². The summed E-state index contributed by atoms with van der Waals surface area (Å²) in [6.45, 7) is 2.16. The molecule has 37 heavy (non-hydrogen) atoms. The van der Waals surface area contributed by atoms with Gasteiger partial charge in [0.2, 0.25) is 5.91 Å². The van der Waals surface area contributed by atoms with Crippen LogP contribution in [-0.2, 0) is 26.9 Å². The third-order valence-electron chi connectivity index (χ3n) is 6.02. The van der Waals surface area contributed by atoms with Crippen molar-refractivity contribution in [2.24, 2.45) is 5.73 Å². The average Bonchev–Trinajstić information content (AvgIpc) is 3.28. The number of likely N-dealkylation sites (tertiary alicyclic amines) is 1. The Bertz CT molecular complexity index is 1410. The average molecular weight is 530 g/mol. The van der Waals surface area contributed by atoms with Crippen molar-refractivity contribution in [2.75, 3.05) is 19.3 Å². The second-order valence-corrected chi connectivity index (χ2v) is 11.3. The zero-order chi connectivity index (χ0) is 26.7. The summed E-state index contributed by atoms with van der Waals surface area (Å²) >= 11 is 0. The Labute approximate surface area is 214 Å². The molecule has 3 heterocycles. The molecule has 1 aliphatic rings. The van der Waals surface area contributed by atoms with E-state index in [0.717, 1.165) is 17.4 Å². The number of piperidine rings is 1. The predicted molar refractivity (Wildman–Crippen MR) is 134 cm³/mol. The SMILES string of the molecule is Cc1ccc(CC(=O)N2CC[C@H](Oc3cnc(-c4cnn(CS(C)(=O)=O)c4)cc3C(N)=O)[C@@H](F)C2)cc1. The molecule has 196 valence electrons. The highest BCUT2D eigenvalue weighted by Crippen LogP contribution is 2.28. The Kier molecular flexibility index (Phi) is 7.58.